The molecule has 362 valence electrons. The highest BCUT2D eigenvalue weighted by Crippen LogP contribution is 2.18. The third-order valence-corrected chi connectivity index (χ3v) is 13.1. The molecule has 1 amide bonds. The Kier molecular flexibility index (Phi) is 50.5. The van der Waals surface area contributed by atoms with Crippen LogP contribution in [-0.4, -0.2) is 46.1 Å². The second-order valence-electron chi connectivity index (χ2n) is 19.1. The molecule has 0 aliphatic rings. The molecule has 3 unspecified atom stereocenters. The molecule has 0 rings (SSSR count). The minimum atomic E-state index is -1.14. The molecule has 0 aromatic heterocycles. The molecular weight excluding hydrogens is 751 g/mol. The molecule has 3 atom stereocenters. The average molecular weight is 860 g/mol. The van der Waals surface area contributed by atoms with Crippen LogP contribution in [0.1, 0.15) is 303 Å². The molecule has 0 radical (unpaired) electrons. The number of nitrogens with one attached hydrogen (secondary N) is 1. The van der Waals surface area contributed by atoms with Crippen molar-refractivity contribution in [3.8, 4) is 0 Å². The molecule has 0 saturated heterocycles. The van der Waals surface area contributed by atoms with Gasteiger partial charge in [-0.25, -0.2) is 0 Å². The molecule has 0 aromatic carbocycles. The molecule has 0 aliphatic heterocycles. The van der Waals surface area contributed by atoms with Crippen LogP contribution >= 0.6 is 0 Å². The largest absolute Gasteiger partial charge is 0.394 e. The Morgan fingerprint density at radius 1 is 0.410 bits per heavy atom. The van der Waals surface area contributed by atoms with E-state index in [2.05, 4.69) is 43.5 Å². The van der Waals surface area contributed by atoms with Crippen molar-refractivity contribution in [3.63, 3.8) is 0 Å². The van der Waals surface area contributed by atoms with Crippen LogP contribution in [0, 0.1) is 0 Å². The van der Waals surface area contributed by atoms with Crippen molar-refractivity contribution < 1.29 is 20.1 Å². The maximum Gasteiger partial charge on any atom is 0.220 e. The summed E-state index contributed by atoms with van der Waals surface area (Å²) in [6, 6.07) is -0.813. The predicted octanol–water partition coefficient (Wildman–Crippen LogP) is 16.9. The van der Waals surface area contributed by atoms with Crippen molar-refractivity contribution in [1.82, 2.24) is 5.32 Å². The van der Waals surface area contributed by atoms with E-state index in [1.54, 1.807) is 0 Å². The zero-order valence-electron chi connectivity index (χ0n) is 41.3. The van der Waals surface area contributed by atoms with E-state index < -0.39 is 18.2 Å². The van der Waals surface area contributed by atoms with E-state index in [9.17, 15) is 20.1 Å². The highest BCUT2D eigenvalue weighted by atomic mass is 16.3. The SMILES string of the molecule is CCCCCCCCCCC/C=C\C/C=C\CCCCCCCCCC(=O)NC(CO)C(O)C(O)CCCCCCCCCCCCCCCCCCCCCCCCCC. The quantitative estimate of drug-likeness (QED) is 0.0362. The third-order valence-electron chi connectivity index (χ3n) is 13.1. The third kappa shape index (κ3) is 46.6. The van der Waals surface area contributed by atoms with Gasteiger partial charge in [0.25, 0.3) is 0 Å². The molecule has 5 heteroatoms. The van der Waals surface area contributed by atoms with Crippen LogP contribution in [-0.2, 0) is 4.79 Å². The topological polar surface area (TPSA) is 89.8 Å². The van der Waals surface area contributed by atoms with E-state index in [1.165, 1.54) is 231 Å². The Morgan fingerprint density at radius 2 is 0.705 bits per heavy atom. The second kappa shape index (κ2) is 51.5. The van der Waals surface area contributed by atoms with Gasteiger partial charge in [-0.2, -0.15) is 0 Å². The van der Waals surface area contributed by atoms with Crippen LogP contribution in [0.3, 0.4) is 0 Å². The maximum absolute atomic E-state index is 12.5. The molecule has 4 N–H and O–H groups in total. The molecule has 0 saturated carbocycles. The number of aliphatic hydroxyl groups excluding tert-OH is 3. The van der Waals surface area contributed by atoms with E-state index in [-0.39, 0.29) is 12.5 Å². The zero-order chi connectivity index (χ0) is 44.4. The number of carbonyl (C=O) groups is 1. The first kappa shape index (κ1) is 59.8. The zero-order valence-corrected chi connectivity index (χ0v) is 41.3. The normalized spacial score (nSPS) is 13.5. The van der Waals surface area contributed by atoms with Gasteiger partial charge in [0.1, 0.15) is 6.10 Å². The van der Waals surface area contributed by atoms with Crippen molar-refractivity contribution in [3.05, 3.63) is 24.3 Å². The smallest absolute Gasteiger partial charge is 0.220 e. The number of unbranched alkanes of at least 4 members (excludes halogenated alkanes) is 39. The lowest BCUT2D eigenvalue weighted by Crippen LogP contribution is -2.50. The van der Waals surface area contributed by atoms with Gasteiger partial charge in [-0.1, -0.05) is 276 Å². The van der Waals surface area contributed by atoms with Gasteiger partial charge in [-0.15, -0.1) is 0 Å². The van der Waals surface area contributed by atoms with Gasteiger partial charge in [0.05, 0.1) is 18.8 Å². The lowest BCUT2D eigenvalue weighted by atomic mass is 9.99. The summed E-state index contributed by atoms with van der Waals surface area (Å²) in [7, 11) is 0. The van der Waals surface area contributed by atoms with Crippen molar-refractivity contribution >= 4 is 5.91 Å². The van der Waals surface area contributed by atoms with Crippen LogP contribution < -0.4 is 5.32 Å². The molecular formula is C56H109NO4. The predicted molar refractivity (Wildman–Crippen MR) is 268 cm³/mol. The fourth-order valence-corrected chi connectivity index (χ4v) is 8.78. The second-order valence-corrected chi connectivity index (χ2v) is 19.1. The van der Waals surface area contributed by atoms with Crippen LogP contribution in [0.5, 0.6) is 0 Å². The van der Waals surface area contributed by atoms with E-state index in [0.29, 0.717) is 12.8 Å². The van der Waals surface area contributed by atoms with Gasteiger partial charge < -0.3 is 20.6 Å². The Hall–Kier alpha value is -1.17. The number of rotatable bonds is 51. The van der Waals surface area contributed by atoms with E-state index >= 15 is 0 Å². The van der Waals surface area contributed by atoms with Gasteiger partial charge in [-0.3, -0.25) is 4.79 Å². The standard InChI is InChI=1S/C56H109NO4/c1-3-5-7-9-11-13-15-17-19-21-23-25-27-29-30-32-34-36-38-40-42-44-46-48-50-54(59)56(61)53(52-58)57-55(60)51-49-47-45-43-41-39-37-35-33-31-28-26-24-22-20-18-16-14-12-10-8-6-4-2/h24,26,31,33,53-54,56,58-59,61H,3-23,25,27-30,32,34-52H2,1-2H3,(H,57,60)/b26-24-,33-31-. The number of hydrogen-bond acceptors (Lipinski definition) is 4. The molecule has 0 fully saturated rings. The minimum Gasteiger partial charge on any atom is -0.394 e. The summed E-state index contributed by atoms with van der Waals surface area (Å²) in [6.45, 7) is 4.21. The fraction of sp³-hybridized carbons (Fsp3) is 0.911. The highest BCUT2D eigenvalue weighted by Gasteiger charge is 2.26. The number of carbonyl (C=O) groups excluding carboxylic acids is 1. The number of allylic oxidation sites excluding steroid dienone is 4. The van der Waals surface area contributed by atoms with Crippen molar-refractivity contribution in [1.29, 1.82) is 0 Å². The van der Waals surface area contributed by atoms with Gasteiger partial charge in [0, 0.05) is 6.42 Å². The van der Waals surface area contributed by atoms with Gasteiger partial charge in [0.2, 0.25) is 5.91 Å². The molecule has 0 heterocycles. The molecule has 61 heavy (non-hydrogen) atoms. The molecule has 0 bridgehead atoms. The molecule has 0 spiro atoms. The van der Waals surface area contributed by atoms with Gasteiger partial charge >= 0.3 is 0 Å². The summed E-state index contributed by atoms with van der Waals surface area (Å²) < 4.78 is 0. The van der Waals surface area contributed by atoms with Crippen LogP contribution in [0.25, 0.3) is 0 Å². The monoisotopic (exact) mass is 860 g/mol. The summed E-state index contributed by atoms with van der Waals surface area (Å²) >= 11 is 0. The van der Waals surface area contributed by atoms with Crippen molar-refractivity contribution in [2.24, 2.45) is 0 Å². The van der Waals surface area contributed by atoms with Crippen molar-refractivity contribution in [2.75, 3.05) is 6.61 Å². The molecule has 0 aromatic rings. The summed E-state index contributed by atoms with van der Waals surface area (Å²) in [6.07, 6.45) is 64.6. The van der Waals surface area contributed by atoms with Crippen LogP contribution in [0.2, 0.25) is 0 Å². The van der Waals surface area contributed by atoms with Crippen molar-refractivity contribution in [2.45, 2.75) is 321 Å². The summed E-state index contributed by atoms with van der Waals surface area (Å²) in [5.41, 5.74) is 0. The summed E-state index contributed by atoms with van der Waals surface area (Å²) in [5.74, 6) is -0.148. The lowest BCUT2D eigenvalue weighted by molar-refractivity contribution is -0.124. The number of aliphatic hydroxyl groups is 3. The molecule has 5 nitrogen and oxygen atoms in total. The Balaban J connectivity index is 3.56. The van der Waals surface area contributed by atoms with E-state index in [0.717, 1.165) is 44.9 Å². The number of amides is 1. The Morgan fingerprint density at radius 3 is 1.03 bits per heavy atom. The Bertz CT molecular complexity index is 905. The first-order valence-electron chi connectivity index (χ1n) is 27.6. The van der Waals surface area contributed by atoms with Crippen LogP contribution in [0.4, 0.5) is 0 Å². The Labute approximate surface area is 382 Å². The highest BCUT2D eigenvalue weighted by molar-refractivity contribution is 5.76. The number of hydrogen-bond donors (Lipinski definition) is 4. The lowest BCUT2D eigenvalue weighted by Gasteiger charge is -2.26. The summed E-state index contributed by atoms with van der Waals surface area (Å²) in [4.78, 5) is 12.5. The van der Waals surface area contributed by atoms with E-state index in [1.807, 2.05) is 0 Å². The maximum atomic E-state index is 12.5. The first-order chi connectivity index (χ1) is 30.1. The minimum absolute atomic E-state index is 0.148. The van der Waals surface area contributed by atoms with E-state index in [4.69, 9.17) is 0 Å². The van der Waals surface area contributed by atoms with Crippen LogP contribution in [0.15, 0.2) is 24.3 Å². The fourth-order valence-electron chi connectivity index (χ4n) is 8.78. The van der Waals surface area contributed by atoms with Gasteiger partial charge in [0.15, 0.2) is 0 Å². The summed E-state index contributed by atoms with van der Waals surface area (Å²) in [5, 5.41) is 33.8. The van der Waals surface area contributed by atoms with Gasteiger partial charge in [-0.05, 0) is 44.9 Å². The first-order valence-corrected chi connectivity index (χ1v) is 27.6. The average Bonchev–Trinajstić information content (AvgIpc) is 3.26. The molecule has 0 aliphatic carbocycles.